The highest BCUT2D eigenvalue weighted by molar-refractivity contribution is 8.00. The quantitative estimate of drug-likeness (QED) is 0.355. The molecule has 0 saturated heterocycles. The molecule has 0 saturated carbocycles. The summed E-state index contributed by atoms with van der Waals surface area (Å²) in [6, 6.07) is 17.9. The first-order valence-electron chi connectivity index (χ1n) is 11.0. The molecule has 5 nitrogen and oxygen atoms in total. The van der Waals surface area contributed by atoms with Gasteiger partial charge in [-0.25, -0.2) is 4.98 Å². The number of carbonyl (C=O) groups is 1. The van der Waals surface area contributed by atoms with Crippen molar-refractivity contribution in [2.45, 2.75) is 49.2 Å². The first-order chi connectivity index (χ1) is 15.6. The molecule has 32 heavy (non-hydrogen) atoms. The summed E-state index contributed by atoms with van der Waals surface area (Å²) >= 11 is 2.89. The third-order valence-electron chi connectivity index (χ3n) is 5.32. The van der Waals surface area contributed by atoms with Crippen molar-refractivity contribution in [2.75, 3.05) is 16.8 Å². The van der Waals surface area contributed by atoms with Crippen LogP contribution in [0.25, 0.3) is 0 Å². The zero-order valence-corrected chi connectivity index (χ0v) is 19.8. The van der Waals surface area contributed by atoms with Gasteiger partial charge in [-0.15, -0.1) is 11.8 Å². The van der Waals surface area contributed by atoms with Crippen molar-refractivity contribution in [2.24, 2.45) is 0 Å². The Morgan fingerprint density at radius 3 is 2.66 bits per heavy atom. The second-order valence-electron chi connectivity index (χ2n) is 7.78. The molecule has 0 bridgehead atoms. The molecule has 0 spiro atoms. The van der Waals surface area contributed by atoms with Crippen LogP contribution in [0.1, 0.15) is 36.6 Å². The molecular weight excluding hydrogens is 438 g/mol. The number of thioether (sulfide) groups is 2. The Balaban J connectivity index is 1.46. The average Bonchev–Trinajstić information content (AvgIpc) is 3.29. The van der Waals surface area contributed by atoms with Gasteiger partial charge < -0.3 is 5.32 Å². The molecule has 1 amide bonds. The molecule has 7 heteroatoms. The maximum absolute atomic E-state index is 13.1. The van der Waals surface area contributed by atoms with Gasteiger partial charge in [-0.3, -0.25) is 14.2 Å². The monoisotopic (exact) mass is 465 g/mol. The van der Waals surface area contributed by atoms with Crippen molar-refractivity contribution < 1.29 is 4.79 Å². The number of carbonyl (C=O) groups excluding carboxylic acids is 1. The number of nitrogens with zero attached hydrogens (tertiary/aromatic N) is 2. The van der Waals surface area contributed by atoms with Gasteiger partial charge in [0.2, 0.25) is 5.91 Å². The fourth-order valence-corrected chi connectivity index (χ4v) is 5.46. The van der Waals surface area contributed by atoms with E-state index >= 15 is 0 Å². The lowest BCUT2D eigenvalue weighted by atomic mass is 10.1. The van der Waals surface area contributed by atoms with Crippen LogP contribution in [0.3, 0.4) is 0 Å². The first kappa shape index (κ1) is 22.7. The highest BCUT2D eigenvalue weighted by Gasteiger charge is 2.22. The molecule has 2 heterocycles. The third kappa shape index (κ3) is 5.64. The number of fused-ring (bicyclic) bond motifs is 1. The van der Waals surface area contributed by atoms with Gasteiger partial charge in [0, 0.05) is 17.9 Å². The Morgan fingerprint density at radius 1 is 1.12 bits per heavy atom. The number of aromatic nitrogens is 2. The van der Waals surface area contributed by atoms with Crippen LogP contribution in [0, 0.1) is 0 Å². The maximum atomic E-state index is 13.1. The van der Waals surface area contributed by atoms with Gasteiger partial charge in [0.05, 0.1) is 22.9 Å². The van der Waals surface area contributed by atoms with E-state index in [9.17, 15) is 9.59 Å². The SMILES string of the molecule is CCCCc1ccc(NC(=O)CSc2nc3c(c(=O)n2Cc2ccccc2)SCC3)cc1. The summed E-state index contributed by atoms with van der Waals surface area (Å²) in [7, 11) is 0. The summed E-state index contributed by atoms with van der Waals surface area (Å²) in [4.78, 5) is 31.2. The predicted molar refractivity (Wildman–Crippen MR) is 133 cm³/mol. The fraction of sp³-hybridized carbons (Fsp3) is 0.320. The van der Waals surface area contributed by atoms with E-state index in [2.05, 4.69) is 24.4 Å². The maximum Gasteiger partial charge on any atom is 0.268 e. The molecule has 2 aromatic carbocycles. The molecule has 166 valence electrons. The normalized spacial score (nSPS) is 12.5. The van der Waals surface area contributed by atoms with Crippen LogP contribution in [-0.2, 0) is 24.2 Å². The molecule has 0 atom stereocenters. The number of rotatable bonds is 9. The molecule has 4 rings (SSSR count). The van der Waals surface area contributed by atoms with Crippen LogP contribution >= 0.6 is 23.5 Å². The van der Waals surface area contributed by atoms with Gasteiger partial charge in [0.15, 0.2) is 5.16 Å². The van der Waals surface area contributed by atoms with E-state index in [0.717, 1.165) is 40.4 Å². The summed E-state index contributed by atoms with van der Waals surface area (Å²) < 4.78 is 1.70. The van der Waals surface area contributed by atoms with Crippen LogP contribution in [0.2, 0.25) is 0 Å². The Morgan fingerprint density at radius 2 is 1.91 bits per heavy atom. The van der Waals surface area contributed by atoms with E-state index < -0.39 is 0 Å². The molecule has 1 aliphatic heterocycles. The van der Waals surface area contributed by atoms with Crippen LogP contribution in [0.4, 0.5) is 5.69 Å². The van der Waals surface area contributed by atoms with Gasteiger partial charge in [-0.1, -0.05) is 67.6 Å². The molecule has 0 aliphatic carbocycles. The van der Waals surface area contributed by atoms with Crippen molar-refractivity contribution in [1.29, 1.82) is 0 Å². The van der Waals surface area contributed by atoms with Crippen molar-refractivity contribution in [1.82, 2.24) is 9.55 Å². The van der Waals surface area contributed by atoms with Gasteiger partial charge in [0.1, 0.15) is 0 Å². The van der Waals surface area contributed by atoms with Gasteiger partial charge >= 0.3 is 0 Å². The number of nitrogens with one attached hydrogen (secondary N) is 1. The lowest BCUT2D eigenvalue weighted by Gasteiger charge is -2.14. The second kappa shape index (κ2) is 10.9. The topological polar surface area (TPSA) is 64.0 Å². The van der Waals surface area contributed by atoms with Crippen molar-refractivity contribution in [3.8, 4) is 0 Å². The minimum atomic E-state index is -0.105. The Hall–Kier alpha value is -2.51. The molecule has 0 radical (unpaired) electrons. The summed E-state index contributed by atoms with van der Waals surface area (Å²) in [5.41, 5.74) is 3.95. The minimum absolute atomic E-state index is 0.00747. The zero-order valence-electron chi connectivity index (χ0n) is 18.2. The highest BCUT2D eigenvalue weighted by atomic mass is 32.2. The Kier molecular flexibility index (Phi) is 7.71. The molecular formula is C25H27N3O2S2. The largest absolute Gasteiger partial charge is 0.325 e. The number of amides is 1. The summed E-state index contributed by atoms with van der Waals surface area (Å²) in [6.07, 6.45) is 4.19. The molecule has 1 N–H and O–H groups in total. The number of hydrogen-bond donors (Lipinski definition) is 1. The van der Waals surface area contributed by atoms with Crippen LogP contribution < -0.4 is 10.9 Å². The van der Waals surface area contributed by atoms with Gasteiger partial charge in [-0.2, -0.15) is 0 Å². The third-order valence-corrected chi connectivity index (χ3v) is 7.40. The minimum Gasteiger partial charge on any atom is -0.325 e. The average molecular weight is 466 g/mol. The smallest absolute Gasteiger partial charge is 0.268 e. The lowest BCUT2D eigenvalue weighted by Crippen LogP contribution is -2.26. The standard InChI is InChI=1S/C25H27N3O2S2/c1-2-3-7-18-10-12-20(13-11-18)26-22(29)17-32-25-27-21-14-15-31-23(21)24(30)28(25)16-19-8-5-4-6-9-19/h4-6,8-13H,2-3,7,14-17H2,1H3,(H,26,29). The van der Waals surface area contributed by atoms with Crippen LogP contribution in [0.5, 0.6) is 0 Å². The number of aryl methyl sites for hydroxylation is 2. The van der Waals surface area contributed by atoms with Crippen molar-refractivity contribution in [3.63, 3.8) is 0 Å². The summed E-state index contributed by atoms with van der Waals surface area (Å²) in [5, 5.41) is 3.55. The molecule has 1 aromatic heterocycles. The van der Waals surface area contributed by atoms with E-state index in [1.807, 2.05) is 42.5 Å². The van der Waals surface area contributed by atoms with E-state index in [4.69, 9.17) is 4.98 Å². The van der Waals surface area contributed by atoms with Gasteiger partial charge in [-0.05, 0) is 36.1 Å². The Labute approximate surface area is 197 Å². The number of benzene rings is 2. The highest BCUT2D eigenvalue weighted by Crippen LogP contribution is 2.29. The van der Waals surface area contributed by atoms with Crippen molar-refractivity contribution >= 4 is 35.1 Å². The number of unbranched alkanes of at least 4 members (excludes halogenated alkanes) is 1. The predicted octanol–water partition coefficient (Wildman–Crippen LogP) is 5.01. The van der Waals surface area contributed by atoms with E-state index in [-0.39, 0.29) is 17.2 Å². The van der Waals surface area contributed by atoms with Gasteiger partial charge in [0.25, 0.3) is 5.56 Å². The summed E-state index contributed by atoms with van der Waals surface area (Å²) in [5.74, 6) is 0.975. The van der Waals surface area contributed by atoms with Crippen molar-refractivity contribution in [3.05, 3.63) is 81.8 Å². The number of hydrogen-bond acceptors (Lipinski definition) is 5. The van der Waals surface area contributed by atoms with Crippen LogP contribution in [-0.4, -0.2) is 27.0 Å². The summed E-state index contributed by atoms with van der Waals surface area (Å²) in [6.45, 7) is 2.63. The van der Waals surface area contributed by atoms with E-state index in [1.54, 1.807) is 16.3 Å². The van der Waals surface area contributed by atoms with E-state index in [1.165, 1.54) is 30.2 Å². The zero-order chi connectivity index (χ0) is 22.3. The second-order valence-corrected chi connectivity index (χ2v) is 9.83. The van der Waals surface area contributed by atoms with E-state index in [0.29, 0.717) is 11.7 Å². The number of anilines is 1. The molecule has 0 unspecified atom stereocenters. The lowest BCUT2D eigenvalue weighted by molar-refractivity contribution is -0.113. The Bertz CT molecular complexity index is 1130. The molecule has 3 aromatic rings. The fourth-order valence-electron chi connectivity index (χ4n) is 3.60. The molecule has 1 aliphatic rings. The molecule has 0 fully saturated rings. The first-order valence-corrected chi connectivity index (χ1v) is 12.9. The van der Waals surface area contributed by atoms with Crippen LogP contribution in [0.15, 0.2) is 69.4 Å².